The number of benzene rings is 6. The molecule has 0 unspecified atom stereocenters. The first-order chi connectivity index (χ1) is 28.9. The maximum atomic E-state index is 6.75. The smallest absolute Gasteiger partial charge is 0.137 e. The molecular formula is C55H56N4O. The van der Waals surface area contributed by atoms with Crippen LogP contribution in [0.5, 0.6) is 11.5 Å². The van der Waals surface area contributed by atoms with Gasteiger partial charge in [0.15, 0.2) is 0 Å². The number of nitrogens with zero attached hydrogens (tertiary/aromatic N) is 4. The van der Waals surface area contributed by atoms with Crippen LogP contribution in [-0.2, 0) is 16.2 Å². The molecule has 1 aliphatic heterocycles. The van der Waals surface area contributed by atoms with E-state index in [4.69, 9.17) is 9.72 Å². The van der Waals surface area contributed by atoms with E-state index in [0.717, 1.165) is 46.9 Å². The highest BCUT2D eigenvalue weighted by molar-refractivity contribution is 6.09. The zero-order valence-corrected chi connectivity index (χ0v) is 36.3. The van der Waals surface area contributed by atoms with Crippen molar-refractivity contribution >= 4 is 44.6 Å². The fourth-order valence-corrected chi connectivity index (χ4v) is 9.24. The summed E-state index contributed by atoms with van der Waals surface area (Å²) >= 11 is 0. The first kappa shape index (κ1) is 39.1. The van der Waals surface area contributed by atoms with Crippen molar-refractivity contribution in [3.63, 3.8) is 0 Å². The number of rotatable bonds is 9. The van der Waals surface area contributed by atoms with Gasteiger partial charge in [0.1, 0.15) is 24.0 Å². The number of para-hydroxylation sites is 3. The van der Waals surface area contributed by atoms with Crippen molar-refractivity contribution in [3.8, 4) is 17.3 Å². The molecule has 0 saturated carbocycles. The topological polar surface area (TPSA) is 33.5 Å². The number of fused-ring (bicyclic) bond motifs is 4. The molecule has 60 heavy (non-hydrogen) atoms. The lowest BCUT2D eigenvalue weighted by Gasteiger charge is -2.36. The van der Waals surface area contributed by atoms with Gasteiger partial charge in [0.25, 0.3) is 0 Å². The van der Waals surface area contributed by atoms with Crippen LogP contribution in [0.25, 0.3) is 27.6 Å². The summed E-state index contributed by atoms with van der Waals surface area (Å²) in [5, 5.41) is 2.36. The number of hydrogen-bond donors (Lipinski definition) is 0. The van der Waals surface area contributed by atoms with E-state index in [1.54, 1.807) is 0 Å². The van der Waals surface area contributed by atoms with E-state index in [2.05, 4.69) is 221 Å². The Bertz CT molecular complexity index is 2840. The van der Waals surface area contributed by atoms with Gasteiger partial charge in [-0.2, -0.15) is 0 Å². The van der Waals surface area contributed by atoms with E-state index in [1.807, 2.05) is 6.20 Å². The Labute approximate surface area is 355 Å². The molecule has 3 heterocycles. The van der Waals surface area contributed by atoms with Gasteiger partial charge in [-0.1, -0.05) is 128 Å². The molecule has 9 rings (SSSR count). The van der Waals surface area contributed by atoms with Gasteiger partial charge in [-0.15, -0.1) is 0 Å². The average molecular weight is 789 g/mol. The van der Waals surface area contributed by atoms with Crippen LogP contribution in [0.15, 0.2) is 158 Å². The van der Waals surface area contributed by atoms with Crippen LogP contribution in [-0.4, -0.2) is 16.2 Å². The van der Waals surface area contributed by atoms with Gasteiger partial charge in [-0.3, -0.25) is 4.57 Å². The second kappa shape index (κ2) is 15.0. The molecule has 0 fully saturated rings. The lowest BCUT2D eigenvalue weighted by Crippen LogP contribution is -2.29. The summed E-state index contributed by atoms with van der Waals surface area (Å²) in [5.41, 5.74) is 12.1. The highest BCUT2D eigenvalue weighted by atomic mass is 16.5. The summed E-state index contributed by atoms with van der Waals surface area (Å²) in [7, 11) is 0. The Kier molecular flexibility index (Phi) is 9.82. The van der Waals surface area contributed by atoms with Crippen molar-refractivity contribution in [1.82, 2.24) is 9.55 Å². The quantitative estimate of drug-likeness (QED) is 0.146. The Morgan fingerprint density at radius 3 is 1.85 bits per heavy atom. The molecule has 0 saturated heterocycles. The van der Waals surface area contributed by atoms with Crippen molar-refractivity contribution in [2.75, 3.05) is 16.5 Å². The molecule has 302 valence electrons. The van der Waals surface area contributed by atoms with Crippen molar-refractivity contribution in [3.05, 3.63) is 180 Å². The molecular weight excluding hydrogens is 733 g/mol. The van der Waals surface area contributed by atoms with Gasteiger partial charge in [0.2, 0.25) is 0 Å². The van der Waals surface area contributed by atoms with E-state index in [0.29, 0.717) is 6.67 Å². The fraction of sp³-hybridized carbons (Fsp3) is 0.255. The first-order valence-electron chi connectivity index (χ1n) is 21.5. The normalized spacial score (nSPS) is 13.3. The van der Waals surface area contributed by atoms with Crippen LogP contribution in [0.2, 0.25) is 0 Å². The minimum atomic E-state index is -0.0911. The van der Waals surface area contributed by atoms with Crippen LogP contribution in [0.1, 0.15) is 90.5 Å². The number of aromatic nitrogens is 2. The Morgan fingerprint density at radius 1 is 0.500 bits per heavy atom. The molecule has 0 aliphatic carbocycles. The molecule has 2 aromatic heterocycles. The number of anilines is 4. The lowest BCUT2D eigenvalue weighted by molar-refractivity contribution is 0.475. The van der Waals surface area contributed by atoms with Gasteiger partial charge in [0, 0.05) is 45.9 Å². The van der Waals surface area contributed by atoms with Crippen LogP contribution in [0, 0.1) is 0 Å². The van der Waals surface area contributed by atoms with Crippen molar-refractivity contribution in [2.45, 2.75) is 84.5 Å². The summed E-state index contributed by atoms with van der Waals surface area (Å²) in [6, 6.07) is 55.0. The number of pyridine rings is 1. The van der Waals surface area contributed by atoms with Crippen LogP contribution in [0.4, 0.5) is 22.7 Å². The molecule has 5 nitrogen and oxygen atoms in total. The zero-order chi connectivity index (χ0) is 41.8. The maximum absolute atomic E-state index is 6.75. The van der Waals surface area contributed by atoms with Gasteiger partial charge in [0.05, 0.1) is 22.4 Å². The summed E-state index contributed by atoms with van der Waals surface area (Å²) in [5.74, 6) is 2.47. The van der Waals surface area contributed by atoms with E-state index >= 15 is 0 Å². The lowest BCUT2D eigenvalue weighted by atomic mass is 9.69. The summed E-state index contributed by atoms with van der Waals surface area (Å²) in [6.07, 6.45) is 3.97. The van der Waals surface area contributed by atoms with E-state index < -0.39 is 0 Å². The molecule has 0 spiro atoms. The SMILES string of the molecule is CCC(CC)(c1ccccc1)c1cc(N2CN(c3cccc(Oc4ccc5c6ccccc6n(-c6cc(C(C)(C)C)ccn6)c5c4)c3)c3ccccc32)cc(C(C)(C)C)c1. The Morgan fingerprint density at radius 2 is 1.13 bits per heavy atom. The summed E-state index contributed by atoms with van der Waals surface area (Å²) in [6.45, 7) is 19.1. The predicted molar refractivity (Wildman–Crippen MR) is 252 cm³/mol. The van der Waals surface area contributed by atoms with Crippen molar-refractivity contribution in [1.29, 1.82) is 0 Å². The molecule has 1 aliphatic rings. The molecule has 0 bridgehead atoms. The average Bonchev–Trinajstić information content (AvgIpc) is 3.80. The highest BCUT2D eigenvalue weighted by Crippen LogP contribution is 2.48. The van der Waals surface area contributed by atoms with Crippen LogP contribution >= 0.6 is 0 Å². The van der Waals surface area contributed by atoms with Gasteiger partial charge < -0.3 is 14.5 Å². The fourth-order valence-electron chi connectivity index (χ4n) is 9.24. The van der Waals surface area contributed by atoms with Crippen molar-refractivity contribution < 1.29 is 4.74 Å². The van der Waals surface area contributed by atoms with Gasteiger partial charge in [-0.05, 0) is 113 Å². The third-order valence-electron chi connectivity index (χ3n) is 12.8. The number of hydrogen-bond acceptors (Lipinski definition) is 4. The molecule has 0 radical (unpaired) electrons. The zero-order valence-electron chi connectivity index (χ0n) is 36.3. The molecule has 0 N–H and O–H groups in total. The third-order valence-corrected chi connectivity index (χ3v) is 12.8. The second-order valence-electron chi connectivity index (χ2n) is 18.4. The summed E-state index contributed by atoms with van der Waals surface area (Å²) < 4.78 is 9.02. The van der Waals surface area contributed by atoms with E-state index in [9.17, 15) is 0 Å². The molecule has 8 aromatic rings. The minimum Gasteiger partial charge on any atom is -0.457 e. The second-order valence-corrected chi connectivity index (χ2v) is 18.4. The first-order valence-corrected chi connectivity index (χ1v) is 21.5. The van der Waals surface area contributed by atoms with Gasteiger partial charge >= 0.3 is 0 Å². The van der Waals surface area contributed by atoms with E-state index in [1.165, 1.54) is 50.1 Å². The van der Waals surface area contributed by atoms with Crippen LogP contribution in [0.3, 0.4) is 0 Å². The predicted octanol–water partition coefficient (Wildman–Crippen LogP) is 14.9. The molecule has 0 atom stereocenters. The highest BCUT2D eigenvalue weighted by Gasteiger charge is 2.35. The van der Waals surface area contributed by atoms with Gasteiger partial charge in [-0.25, -0.2) is 4.98 Å². The summed E-state index contributed by atoms with van der Waals surface area (Å²) in [4.78, 5) is 9.77. The Balaban J connectivity index is 1.08. The van der Waals surface area contributed by atoms with Crippen molar-refractivity contribution in [2.24, 2.45) is 0 Å². The standard InChI is InChI=1S/C55H56N4O/c1-9-55(10-2,38-19-12-11-13-20-38)41-31-40(54(6,7)8)32-43(33-41)58-37-57(49-25-16-17-26-50(49)58)42-21-18-22-44(35-42)60-45-27-28-47-46-23-14-15-24-48(46)59(51(47)36-45)52-34-39(29-30-56-52)53(3,4)5/h11-36H,9-10,37H2,1-8H3. The maximum Gasteiger partial charge on any atom is 0.137 e. The van der Waals surface area contributed by atoms with Crippen LogP contribution < -0.4 is 14.5 Å². The molecule has 6 aromatic carbocycles. The number of ether oxygens (including phenoxy) is 1. The third kappa shape index (κ3) is 6.90. The van der Waals surface area contributed by atoms with E-state index in [-0.39, 0.29) is 16.2 Å². The molecule has 5 heteroatoms. The Hall–Kier alpha value is -6.33. The largest absolute Gasteiger partial charge is 0.457 e. The minimum absolute atomic E-state index is 0.000401. The monoisotopic (exact) mass is 788 g/mol. The molecule has 0 amide bonds.